The number of nitrogens with one attached hydrogen (secondary N) is 1. The van der Waals surface area contributed by atoms with Gasteiger partial charge < -0.3 is 34.6 Å². The number of aldehydes is 1. The van der Waals surface area contributed by atoms with Gasteiger partial charge in [0, 0.05) is 12.1 Å². The van der Waals surface area contributed by atoms with Gasteiger partial charge in [0.1, 0.15) is 17.3 Å². The van der Waals surface area contributed by atoms with Crippen LogP contribution in [0.4, 0.5) is 0 Å². The number of carbonyl (C=O) groups is 1. The number of rotatable bonds is 6. The van der Waals surface area contributed by atoms with Crippen molar-refractivity contribution < 1.29 is 34.4 Å². The summed E-state index contributed by atoms with van der Waals surface area (Å²) in [7, 11) is -3.27. The molecular weight excluding hydrogens is 643 g/mol. The van der Waals surface area contributed by atoms with Crippen LogP contribution in [0.2, 0.25) is 0 Å². The molecule has 4 atom stereocenters. The molecule has 0 radical (unpaired) electrons. The van der Waals surface area contributed by atoms with Gasteiger partial charge in [-0.15, -0.1) is 6.42 Å². The molecule has 0 bridgehead atoms. The van der Waals surface area contributed by atoms with Gasteiger partial charge in [0.2, 0.25) is 0 Å². The predicted octanol–water partition coefficient (Wildman–Crippen LogP) is 1.21. The average Bonchev–Trinajstić information content (AvgIpc) is 3.64. The first kappa shape index (κ1) is 47.0. The fourth-order valence-electron chi connectivity index (χ4n) is 1.77. The van der Waals surface area contributed by atoms with Crippen molar-refractivity contribution in [1.29, 1.82) is 0 Å². The van der Waals surface area contributed by atoms with Gasteiger partial charge in [-0.3, -0.25) is 5.14 Å². The van der Waals surface area contributed by atoms with Crippen molar-refractivity contribution in [3.05, 3.63) is 6.42 Å². The van der Waals surface area contributed by atoms with E-state index in [0.29, 0.717) is 17.8 Å². The maximum Gasteiger partial charge on any atom is 2.00 e. The van der Waals surface area contributed by atoms with Crippen LogP contribution >= 0.6 is 0 Å². The summed E-state index contributed by atoms with van der Waals surface area (Å²) >= 11 is 0. The van der Waals surface area contributed by atoms with Crippen molar-refractivity contribution in [2.24, 2.45) is 27.3 Å². The SMILES string of the molecule is C#C[C@H](N[S@](=O)C(C)(C)C)C1CC1.CC(C)(C)[S@@](=O)N=CC1CC1.CC(C)(C)[S@](N)=O.O=CC1CC1.[Br-].[C-]#C.[Mg+2]. The zero-order valence-corrected chi connectivity index (χ0v) is 31.3. The maximum atomic E-state index is 11.7. The van der Waals surface area contributed by atoms with Gasteiger partial charge in [-0.05, 0) is 113 Å². The molecule has 3 aliphatic rings. The molecule has 0 aromatic rings. The molecule has 0 aromatic heterocycles. The molecule has 3 fully saturated rings. The van der Waals surface area contributed by atoms with E-state index >= 15 is 0 Å². The molecule has 3 rings (SSSR count). The molecule has 0 aromatic carbocycles. The van der Waals surface area contributed by atoms with Crippen molar-refractivity contribution in [1.82, 2.24) is 4.72 Å². The van der Waals surface area contributed by atoms with Gasteiger partial charge in [0.05, 0.1) is 42.3 Å². The summed E-state index contributed by atoms with van der Waals surface area (Å²) < 4.78 is 39.7. The van der Waals surface area contributed by atoms with E-state index < -0.39 is 33.0 Å². The Morgan fingerprint density at radius 2 is 1.27 bits per heavy atom. The van der Waals surface area contributed by atoms with E-state index in [1.165, 1.54) is 25.7 Å². The zero-order chi connectivity index (χ0) is 30.3. The number of hydrogen-bond donors (Lipinski definition) is 2. The molecule has 3 aliphatic carbocycles. The number of nitrogens with zero attached hydrogens (tertiary/aromatic N) is 1. The molecule has 0 aliphatic heterocycles. The number of terminal acetylenes is 2. The van der Waals surface area contributed by atoms with Crippen molar-refractivity contribution >= 4 is 68.5 Å². The largest absolute Gasteiger partial charge is 2.00 e. The van der Waals surface area contributed by atoms with Crippen molar-refractivity contribution in [2.75, 3.05) is 0 Å². The second kappa shape index (κ2) is 22.6. The van der Waals surface area contributed by atoms with E-state index in [1.54, 1.807) is 0 Å². The molecule has 0 spiro atoms. The number of nitrogens with two attached hydrogens (primary N) is 1. The summed E-state index contributed by atoms with van der Waals surface area (Å²) in [4.78, 5) is 9.57. The second-order valence-corrected chi connectivity index (χ2v) is 18.1. The molecule has 12 heteroatoms. The van der Waals surface area contributed by atoms with Crippen molar-refractivity contribution in [3.63, 3.8) is 0 Å². The number of hydrogen-bond acceptors (Lipinski definition) is 4. The summed E-state index contributed by atoms with van der Waals surface area (Å²) in [6.07, 6.45) is 24.3. The summed E-state index contributed by atoms with van der Waals surface area (Å²) in [5, 5.41) is 5.04. The van der Waals surface area contributed by atoms with E-state index in [1.807, 2.05) is 68.5 Å². The second-order valence-electron chi connectivity index (χ2n) is 12.3. The summed E-state index contributed by atoms with van der Waals surface area (Å²) in [6, 6.07) is 0.0000540. The summed E-state index contributed by atoms with van der Waals surface area (Å²) in [5.41, 5.74) is 0. The Hall–Kier alpha value is 0.0762. The molecule has 0 amide bonds. The fourth-order valence-corrected chi connectivity index (χ4v) is 3.21. The van der Waals surface area contributed by atoms with E-state index in [2.05, 4.69) is 21.5 Å². The van der Waals surface area contributed by atoms with E-state index in [9.17, 15) is 17.4 Å². The zero-order valence-electron chi connectivity index (χ0n) is 25.8. The average molecular weight is 693 g/mol. The van der Waals surface area contributed by atoms with Crippen LogP contribution in [0.5, 0.6) is 0 Å². The molecular formula is C28H50BrMgN3O4S3. The molecule has 3 saturated carbocycles. The third-order valence-electron chi connectivity index (χ3n) is 4.99. The Bertz CT molecular complexity index is 876. The fraction of sp³-hybridized carbons (Fsp3) is 0.786. The van der Waals surface area contributed by atoms with Crippen LogP contribution in [-0.4, -0.2) is 68.5 Å². The van der Waals surface area contributed by atoms with Crippen molar-refractivity contribution in [3.8, 4) is 18.8 Å². The Balaban J connectivity index is -0.000000218. The number of halogens is 1. The molecule has 0 saturated heterocycles. The van der Waals surface area contributed by atoms with Gasteiger partial charge in [0.25, 0.3) is 0 Å². The van der Waals surface area contributed by atoms with Crippen molar-refractivity contribution in [2.45, 2.75) is 121 Å². The Labute approximate surface area is 279 Å². The standard InChI is InChI=1S/C10H17NOS.C8H15NOS.C4H11NOS.C4H6O.C2H.BrH.Mg/c1-5-9(8-6-7-8)11-13(12)10(2,3)4;1-8(2,3)11(10)9-6-7-4-5-7;1-4(2,3)7(5)6;5-3-4-1-2-4;1-2;;/h1,8-9,11H,6-7H2,2-4H3;6-7H,4-5H2,1-3H3;5H2,1-3H3;3-4H,1-2H2;1H;1H;/q;;;;-1;;+2/p-1/t9-,13+;11-;7-;;;;/m011..../s1. The minimum Gasteiger partial charge on any atom is -1.00 e. The van der Waals surface area contributed by atoms with E-state index in [-0.39, 0.29) is 60.3 Å². The minimum atomic E-state index is -1.18. The monoisotopic (exact) mass is 691 g/mol. The molecule has 0 heterocycles. The Kier molecular flexibility index (Phi) is 26.6. The predicted molar refractivity (Wildman–Crippen MR) is 170 cm³/mol. The van der Waals surface area contributed by atoms with Crippen LogP contribution in [0.3, 0.4) is 0 Å². The summed E-state index contributed by atoms with van der Waals surface area (Å²) in [5.74, 6) is 4.29. The van der Waals surface area contributed by atoms with Gasteiger partial charge in [0.15, 0.2) is 0 Å². The molecule has 0 unspecified atom stereocenters. The first-order chi connectivity index (χ1) is 17.3. The molecule has 7 nitrogen and oxygen atoms in total. The summed E-state index contributed by atoms with van der Waals surface area (Å²) in [6.45, 7) is 17.1. The van der Waals surface area contributed by atoms with E-state index in [4.69, 9.17) is 18.0 Å². The van der Waals surface area contributed by atoms with Crippen LogP contribution in [-0.2, 0) is 37.8 Å². The quantitative estimate of drug-likeness (QED) is 0.143. The topological polar surface area (TPSA) is 119 Å². The molecule has 228 valence electrons. The van der Waals surface area contributed by atoms with Crippen LogP contribution in [0, 0.1) is 42.9 Å². The van der Waals surface area contributed by atoms with Crippen LogP contribution < -0.4 is 26.8 Å². The first-order valence-electron chi connectivity index (χ1n) is 12.8. The third kappa shape index (κ3) is 26.9. The smallest absolute Gasteiger partial charge is 1.00 e. The van der Waals surface area contributed by atoms with E-state index in [0.717, 1.165) is 19.1 Å². The minimum absolute atomic E-state index is 0. The van der Waals surface area contributed by atoms with Gasteiger partial charge >= 0.3 is 23.1 Å². The van der Waals surface area contributed by atoms with Crippen LogP contribution in [0.15, 0.2) is 4.40 Å². The maximum absolute atomic E-state index is 11.7. The Morgan fingerprint density at radius 1 is 0.875 bits per heavy atom. The Morgan fingerprint density at radius 3 is 1.48 bits per heavy atom. The van der Waals surface area contributed by atoms with Gasteiger partial charge in [-0.1, -0.05) is 5.92 Å². The normalized spacial score (nSPS) is 19.1. The number of carbonyl (C=O) groups excluding carboxylic acids is 1. The van der Waals surface area contributed by atoms with Crippen LogP contribution in [0.25, 0.3) is 0 Å². The first-order valence-corrected chi connectivity index (χ1v) is 16.3. The molecule has 40 heavy (non-hydrogen) atoms. The molecule has 3 N–H and O–H groups in total. The van der Waals surface area contributed by atoms with Gasteiger partial charge in [-0.25, -0.2) is 17.3 Å². The van der Waals surface area contributed by atoms with Gasteiger partial charge in [-0.2, -0.15) is 4.40 Å². The third-order valence-corrected chi connectivity index (χ3v) is 9.14. The van der Waals surface area contributed by atoms with Crippen LogP contribution in [0.1, 0.15) is 101 Å².